The van der Waals surface area contributed by atoms with Crippen molar-refractivity contribution < 1.29 is 9.18 Å². The number of anilines is 1. The lowest BCUT2D eigenvalue weighted by Crippen LogP contribution is -2.48. The summed E-state index contributed by atoms with van der Waals surface area (Å²) in [6.07, 6.45) is 1.15. The summed E-state index contributed by atoms with van der Waals surface area (Å²) in [5, 5.41) is 0. The largest absolute Gasteiger partial charge is 0.368 e. The molecule has 0 aromatic heterocycles. The van der Waals surface area contributed by atoms with Gasteiger partial charge in [-0.15, -0.1) is 0 Å². The van der Waals surface area contributed by atoms with Crippen LogP contribution in [0.2, 0.25) is 0 Å². The van der Waals surface area contributed by atoms with Gasteiger partial charge in [-0.05, 0) is 48.7 Å². The van der Waals surface area contributed by atoms with Gasteiger partial charge < -0.3 is 9.80 Å². The van der Waals surface area contributed by atoms with Crippen LogP contribution in [0.3, 0.4) is 0 Å². The molecule has 3 nitrogen and oxygen atoms in total. The van der Waals surface area contributed by atoms with Crippen molar-refractivity contribution in [3.63, 3.8) is 0 Å². The zero-order valence-electron chi connectivity index (χ0n) is 14.0. The summed E-state index contributed by atoms with van der Waals surface area (Å²) in [4.78, 5) is 16.6. The maximum atomic E-state index is 12.9. The highest BCUT2D eigenvalue weighted by Gasteiger charge is 2.21. The molecule has 1 heterocycles. The SMILES string of the molecule is Cc1cccc(N2CCN(C(=O)CCc3ccc(F)cc3)CC2)c1. The third-order valence-electron chi connectivity index (χ3n) is 4.54. The molecule has 2 aromatic rings. The summed E-state index contributed by atoms with van der Waals surface area (Å²) in [5.74, 6) is -0.0550. The van der Waals surface area contributed by atoms with Crippen molar-refractivity contribution in [3.05, 3.63) is 65.5 Å². The van der Waals surface area contributed by atoms with Gasteiger partial charge in [0.2, 0.25) is 5.91 Å². The molecule has 1 fully saturated rings. The van der Waals surface area contributed by atoms with E-state index in [0.29, 0.717) is 12.8 Å². The Morgan fingerprint density at radius 3 is 2.42 bits per heavy atom. The molecule has 3 rings (SSSR count). The lowest BCUT2D eigenvalue weighted by atomic mass is 10.1. The van der Waals surface area contributed by atoms with Crippen molar-refractivity contribution >= 4 is 11.6 Å². The first kappa shape index (κ1) is 16.5. The van der Waals surface area contributed by atoms with Gasteiger partial charge in [-0.3, -0.25) is 4.79 Å². The molecule has 0 atom stereocenters. The zero-order chi connectivity index (χ0) is 16.9. The topological polar surface area (TPSA) is 23.6 Å². The van der Waals surface area contributed by atoms with Gasteiger partial charge in [0, 0.05) is 38.3 Å². The molecule has 0 aliphatic carbocycles. The van der Waals surface area contributed by atoms with Crippen molar-refractivity contribution in [2.75, 3.05) is 31.1 Å². The molecular weight excluding hydrogens is 303 g/mol. The van der Waals surface area contributed by atoms with Crippen molar-refractivity contribution in [2.24, 2.45) is 0 Å². The zero-order valence-corrected chi connectivity index (χ0v) is 14.0. The summed E-state index contributed by atoms with van der Waals surface area (Å²) in [7, 11) is 0. The van der Waals surface area contributed by atoms with Crippen LogP contribution in [0.25, 0.3) is 0 Å². The van der Waals surface area contributed by atoms with Crippen molar-refractivity contribution in [1.82, 2.24) is 4.90 Å². The number of carbonyl (C=O) groups is 1. The third-order valence-corrected chi connectivity index (χ3v) is 4.54. The minimum Gasteiger partial charge on any atom is -0.368 e. The number of rotatable bonds is 4. The molecular formula is C20H23FN2O. The average molecular weight is 326 g/mol. The summed E-state index contributed by atoms with van der Waals surface area (Å²) in [6.45, 7) is 5.35. The second-order valence-corrected chi connectivity index (χ2v) is 6.33. The first-order valence-corrected chi connectivity index (χ1v) is 8.46. The van der Waals surface area contributed by atoms with Crippen molar-refractivity contribution in [1.29, 1.82) is 0 Å². The summed E-state index contributed by atoms with van der Waals surface area (Å²) in [6, 6.07) is 14.9. The van der Waals surface area contributed by atoms with Crippen LogP contribution in [0.15, 0.2) is 48.5 Å². The lowest BCUT2D eigenvalue weighted by Gasteiger charge is -2.36. The molecule has 1 aliphatic rings. The predicted molar refractivity (Wildman–Crippen MR) is 94.7 cm³/mol. The van der Waals surface area contributed by atoms with E-state index in [-0.39, 0.29) is 11.7 Å². The number of carbonyl (C=O) groups excluding carboxylic acids is 1. The van der Waals surface area contributed by atoms with Crippen LogP contribution in [-0.4, -0.2) is 37.0 Å². The highest BCUT2D eigenvalue weighted by atomic mass is 19.1. The van der Waals surface area contributed by atoms with E-state index in [0.717, 1.165) is 31.7 Å². The maximum absolute atomic E-state index is 12.9. The maximum Gasteiger partial charge on any atom is 0.223 e. The van der Waals surface area contributed by atoms with Crippen LogP contribution >= 0.6 is 0 Å². The normalized spacial score (nSPS) is 14.8. The summed E-state index contributed by atoms with van der Waals surface area (Å²) in [5.41, 5.74) is 3.49. The fraction of sp³-hybridized carbons (Fsp3) is 0.350. The van der Waals surface area contributed by atoms with E-state index in [1.165, 1.54) is 23.4 Å². The molecule has 0 radical (unpaired) electrons. The van der Waals surface area contributed by atoms with E-state index in [1.54, 1.807) is 12.1 Å². The first-order chi connectivity index (χ1) is 11.6. The number of aryl methyl sites for hydroxylation is 2. The molecule has 0 N–H and O–H groups in total. The number of halogens is 1. The summed E-state index contributed by atoms with van der Waals surface area (Å²) < 4.78 is 12.9. The van der Waals surface area contributed by atoms with Gasteiger partial charge in [0.05, 0.1) is 0 Å². The Bertz CT molecular complexity index is 691. The third kappa shape index (κ3) is 4.13. The highest BCUT2D eigenvalue weighted by molar-refractivity contribution is 5.76. The molecule has 126 valence electrons. The quantitative estimate of drug-likeness (QED) is 0.859. The molecule has 0 spiro atoms. The van der Waals surface area contributed by atoms with Crippen LogP contribution in [0.4, 0.5) is 10.1 Å². The Morgan fingerprint density at radius 1 is 1.04 bits per heavy atom. The van der Waals surface area contributed by atoms with E-state index in [4.69, 9.17) is 0 Å². The predicted octanol–water partition coefficient (Wildman–Crippen LogP) is 3.42. The number of hydrogen-bond acceptors (Lipinski definition) is 2. The number of amides is 1. The molecule has 0 bridgehead atoms. The molecule has 2 aromatic carbocycles. The Balaban J connectivity index is 1.49. The number of nitrogens with zero attached hydrogens (tertiary/aromatic N) is 2. The molecule has 24 heavy (non-hydrogen) atoms. The Labute approximate surface area is 142 Å². The highest BCUT2D eigenvalue weighted by Crippen LogP contribution is 2.18. The molecule has 1 amide bonds. The van der Waals surface area contributed by atoms with Crippen molar-refractivity contribution in [3.8, 4) is 0 Å². The van der Waals surface area contributed by atoms with Gasteiger partial charge in [-0.1, -0.05) is 24.3 Å². The van der Waals surface area contributed by atoms with Gasteiger partial charge in [0.25, 0.3) is 0 Å². The Kier molecular flexibility index (Phi) is 5.14. The van der Waals surface area contributed by atoms with E-state index in [1.807, 2.05) is 4.90 Å². The van der Waals surface area contributed by atoms with E-state index >= 15 is 0 Å². The second-order valence-electron chi connectivity index (χ2n) is 6.33. The van der Waals surface area contributed by atoms with Gasteiger partial charge in [0.1, 0.15) is 5.82 Å². The van der Waals surface area contributed by atoms with Crippen LogP contribution in [0.1, 0.15) is 17.5 Å². The molecule has 0 unspecified atom stereocenters. The minimum absolute atomic E-state index is 0.184. The lowest BCUT2D eigenvalue weighted by molar-refractivity contribution is -0.131. The fourth-order valence-corrected chi connectivity index (χ4v) is 3.10. The van der Waals surface area contributed by atoms with Crippen LogP contribution in [0, 0.1) is 12.7 Å². The van der Waals surface area contributed by atoms with E-state index in [2.05, 4.69) is 36.1 Å². The van der Waals surface area contributed by atoms with E-state index < -0.39 is 0 Å². The average Bonchev–Trinajstić information content (AvgIpc) is 2.61. The standard InChI is InChI=1S/C20H23FN2O/c1-16-3-2-4-19(15-16)22-11-13-23(14-12-22)20(24)10-7-17-5-8-18(21)9-6-17/h2-6,8-9,15H,7,10-14H2,1H3. The van der Waals surface area contributed by atoms with E-state index in [9.17, 15) is 9.18 Å². The molecule has 0 saturated carbocycles. The van der Waals surface area contributed by atoms with Crippen LogP contribution in [0.5, 0.6) is 0 Å². The molecule has 1 aliphatic heterocycles. The number of benzene rings is 2. The number of piperazine rings is 1. The minimum atomic E-state index is -0.239. The van der Waals surface area contributed by atoms with Crippen LogP contribution in [-0.2, 0) is 11.2 Å². The Hall–Kier alpha value is -2.36. The first-order valence-electron chi connectivity index (χ1n) is 8.46. The van der Waals surface area contributed by atoms with Gasteiger partial charge in [-0.2, -0.15) is 0 Å². The van der Waals surface area contributed by atoms with Crippen molar-refractivity contribution in [2.45, 2.75) is 19.8 Å². The van der Waals surface area contributed by atoms with Gasteiger partial charge >= 0.3 is 0 Å². The molecule has 1 saturated heterocycles. The number of hydrogen-bond donors (Lipinski definition) is 0. The van der Waals surface area contributed by atoms with Gasteiger partial charge in [0.15, 0.2) is 0 Å². The van der Waals surface area contributed by atoms with Gasteiger partial charge in [-0.25, -0.2) is 4.39 Å². The second kappa shape index (κ2) is 7.47. The fourth-order valence-electron chi connectivity index (χ4n) is 3.10. The smallest absolute Gasteiger partial charge is 0.223 e. The molecule has 4 heteroatoms. The Morgan fingerprint density at radius 2 is 1.75 bits per heavy atom. The summed E-state index contributed by atoms with van der Waals surface area (Å²) >= 11 is 0. The van der Waals surface area contributed by atoms with Crippen LogP contribution < -0.4 is 4.90 Å². The monoisotopic (exact) mass is 326 g/mol.